The second-order valence-electron chi connectivity index (χ2n) is 6.16. The van der Waals surface area contributed by atoms with Crippen LogP contribution >= 0.6 is 0 Å². The van der Waals surface area contributed by atoms with Gasteiger partial charge in [-0.15, -0.1) is 5.10 Å². The number of rotatable bonds is 5. The zero-order valence-corrected chi connectivity index (χ0v) is 15.0. The Morgan fingerprint density at radius 1 is 1.25 bits per heavy atom. The first kappa shape index (κ1) is 18.0. The quantitative estimate of drug-likeness (QED) is 0.701. The van der Waals surface area contributed by atoms with Crippen LogP contribution in [0.4, 0.5) is 10.1 Å². The van der Waals surface area contributed by atoms with E-state index in [-0.39, 0.29) is 24.0 Å². The summed E-state index contributed by atoms with van der Waals surface area (Å²) in [5, 5.41) is 10.7. The van der Waals surface area contributed by atoms with Gasteiger partial charge in [0.05, 0.1) is 43.5 Å². The smallest absolute Gasteiger partial charge is 0.271 e. The minimum atomic E-state index is -0.358. The molecule has 10 heteroatoms. The van der Waals surface area contributed by atoms with Gasteiger partial charge < -0.3 is 15.0 Å². The molecular weight excluding hydrogens is 365 g/mol. The third kappa shape index (κ3) is 3.96. The van der Waals surface area contributed by atoms with Crippen molar-refractivity contribution in [1.29, 1.82) is 0 Å². The zero-order valence-electron chi connectivity index (χ0n) is 15.0. The average Bonchev–Trinajstić information content (AvgIpc) is 3.22. The number of anilines is 1. The van der Waals surface area contributed by atoms with Gasteiger partial charge in [0.2, 0.25) is 0 Å². The number of nitrogens with one attached hydrogen (secondary N) is 1. The van der Waals surface area contributed by atoms with Crippen LogP contribution in [0.1, 0.15) is 16.2 Å². The summed E-state index contributed by atoms with van der Waals surface area (Å²) in [5.74, 6) is -0.684. The molecule has 0 spiro atoms. The molecule has 1 N–H and O–H groups in total. The number of benzene rings is 1. The summed E-state index contributed by atoms with van der Waals surface area (Å²) in [6.45, 7) is 2.68. The van der Waals surface area contributed by atoms with Crippen LogP contribution in [0.5, 0.6) is 0 Å². The fourth-order valence-corrected chi connectivity index (χ4v) is 2.88. The van der Waals surface area contributed by atoms with E-state index in [4.69, 9.17) is 4.74 Å². The lowest BCUT2D eigenvalue weighted by Gasteiger charge is -2.29. The highest BCUT2D eigenvalue weighted by Crippen LogP contribution is 2.23. The molecule has 1 fully saturated rings. The number of ether oxygens (including phenoxy) is 1. The van der Waals surface area contributed by atoms with Crippen molar-refractivity contribution < 1.29 is 13.9 Å². The predicted octanol–water partition coefficient (Wildman–Crippen LogP) is 0.963. The average molecular weight is 383 g/mol. The van der Waals surface area contributed by atoms with Crippen molar-refractivity contribution >= 4 is 11.6 Å². The van der Waals surface area contributed by atoms with Crippen molar-refractivity contribution in [2.75, 3.05) is 31.2 Å². The van der Waals surface area contributed by atoms with E-state index in [2.05, 4.69) is 25.6 Å². The van der Waals surface area contributed by atoms with Gasteiger partial charge in [0.1, 0.15) is 17.2 Å². The Labute approximate surface area is 160 Å². The summed E-state index contributed by atoms with van der Waals surface area (Å²) in [6, 6.07) is 4.93. The normalized spacial score (nSPS) is 14.1. The molecule has 28 heavy (non-hydrogen) atoms. The van der Waals surface area contributed by atoms with Crippen LogP contribution in [0.15, 0.2) is 43.0 Å². The number of amides is 1. The third-order valence-electron chi connectivity index (χ3n) is 4.31. The van der Waals surface area contributed by atoms with Crippen molar-refractivity contribution in [3.8, 4) is 5.69 Å². The van der Waals surface area contributed by atoms with E-state index in [0.717, 1.165) is 0 Å². The molecule has 9 nitrogen and oxygen atoms in total. The molecule has 1 aliphatic rings. The van der Waals surface area contributed by atoms with E-state index in [0.29, 0.717) is 43.4 Å². The van der Waals surface area contributed by atoms with E-state index in [1.165, 1.54) is 29.3 Å². The first-order valence-corrected chi connectivity index (χ1v) is 8.79. The van der Waals surface area contributed by atoms with E-state index in [1.807, 2.05) is 4.90 Å². The maximum atomic E-state index is 14.6. The van der Waals surface area contributed by atoms with Crippen LogP contribution in [0.3, 0.4) is 0 Å². The molecule has 2 aromatic heterocycles. The molecule has 144 valence electrons. The fourth-order valence-electron chi connectivity index (χ4n) is 2.88. The number of morpholine rings is 1. The molecule has 0 bridgehead atoms. The van der Waals surface area contributed by atoms with Crippen LogP contribution in [0.25, 0.3) is 5.69 Å². The second kappa shape index (κ2) is 8.09. The van der Waals surface area contributed by atoms with E-state index < -0.39 is 0 Å². The number of hydrogen-bond acceptors (Lipinski definition) is 7. The second-order valence-corrected chi connectivity index (χ2v) is 6.16. The summed E-state index contributed by atoms with van der Waals surface area (Å²) in [7, 11) is 0. The summed E-state index contributed by atoms with van der Waals surface area (Å²) < 4.78 is 21.3. The van der Waals surface area contributed by atoms with Gasteiger partial charge in [-0.25, -0.2) is 14.1 Å². The van der Waals surface area contributed by atoms with Gasteiger partial charge in [0, 0.05) is 31.5 Å². The maximum absolute atomic E-state index is 14.6. The number of aromatic nitrogens is 5. The van der Waals surface area contributed by atoms with Crippen LogP contribution in [0, 0.1) is 5.82 Å². The number of halogens is 1. The molecule has 1 aromatic carbocycles. The highest BCUT2D eigenvalue weighted by atomic mass is 19.1. The van der Waals surface area contributed by atoms with Gasteiger partial charge in [-0.2, -0.15) is 0 Å². The van der Waals surface area contributed by atoms with E-state index in [9.17, 15) is 9.18 Å². The number of nitrogens with zero attached hydrogens (tertiary/aromatic N) is 6. The van der Waals surface area contributed by atoms with Crippen LogP contribution < -0.4 is 10.2 Å². The maximum Gasteiger partial charge on any atom is 0.271 e. The van der Waals surface area contributed by atoms with Gasteiger partial charge in [0.25, 0.3) is 5.91 Å². The number of carbonyl (C=O) groups excluding carboxylic acids is 1. The first-order valence-electron chi connectivity index (χ1n) is 8.79. The minimum Gasteiger partial charge on any atom is -0.378 e. The zero-order chi connectivity index (χ0) is 19.3. The minimum absolute atomic E-state index is 0.170. The summed E-state index contributed by atoms with van der Waals surface area (Å²) in [4.78, 5) is 21.7. The highest BCUT2D eigenvalue weighted by molar-refractivity contribution is 5.91. The Kier molecular flexibility index (Phi) is 5.20. The first-order chi connectivity index (χ1) is 13.7. The molecule has 3 heterocycles. The largest absolute Gasteiger partial charge is 0.378 e. The lowest BCUT2D eigenvalue weighted by Crippen LogP contribution is -2.36. The Morgan fingerprint density at radius 2 is 2.11 bits per heavy atom. The fraction of sp³-hybridized carbons (Fsp3) is 0.278. The molecule has 0 aliphatic carbocycles. The number of carbonyl (C=O) groups is 1. The lowest BCUT2D eigenvalue weighted by atomic mass is 10.2. The third-order valence-corrected chi connectivity index (χ3v) is 4.31. The molecule has 0 saturated carbocycles. The van der Waals surface area contributed by atoms with Crippen LogP contribution in [-0.4, -0.2) is 57.2 Å². The lowest BCUT2D eigenvalue weighted by molar-refractivity contribution is 0.0945. The van der Waals surface area contributed by atoms with Gasteiger partial charge in [-0.1, -0.05) is 5.21 Å². The molecule has 0 unspecified atom stereocenters. The van der Waals surface area contributed by atoms with Crippen molar-refractivity contribution in [2.24, 2.45) is 0 Å². The highest BCUT2D eigenvalue weighted by Gasteiger charge is 2.16. The molecule has 1 amide bonds. The Balaban J connectivity index is 1.42. The van der Waals surface area contributed by atoms with Crippen LogP contribution in [0.2, 0.25) is 0 Å². The molecule has 1 saturated heterocycles. The topological polar surface area (TPSA) is 98.1 Å². The Morgan fingerprint density at radius 3 is 2.86 bits per heavy atom. The van der Waals surface area contributed by atoms with Crippen molar-refractivity contribution in [1.82, 2.24) is 30.3 Å². The van der Waals surface area contributed by atoms with Crippen LogP contribution in [-0.2, 0) is 11.3 Å². The standard InChI is InChI=1S/C18H18FN7O2/c19-15-9-14(1-2-17(15)25-5-7-28-8-6-25)26-12-13(23-24-26)10-22-18(27)16-11-20-3-4-21-16/h1-4,9,11-12H,5-8,10H2,(H,22,27). The SMILES string of the molecule is O=C(NCc1cn(-c2ccc(N3CCOCC3)c(F)c2)nn1)c1cnccn1. The molecular formula is C18H18FN7O2. The van der Waals surface area contributed by atoms with E-state index in [1.54, 1.807) is 18.3 Å². The van der Waals surface area contributed by atoms with Gasteiger partial charge >= 0.3 is 0 Å². The summed E-state index contributed by atoms with van der Waals surface area (Å²) in [6.07, 6.45) is 5.96. The Bertz CT molecular complexity index is 958. The molecule has 0 atom stereocenters. The molecule has 1 aliphatic heterocycles. The summed E-state index contributed by atoms with van der Waals surface area (Å²) in [5.41, 5.74) is 1.85. The predicted molar refractivity (Wildman–Crippen MR) is 97.6 cm³/mol. The van der Waals surface area contributed by atoms with Crippen molar-refractivity contribution in [3.05, 3.63) is 60.2 Å². The van der Waals surface area contributed by atoms with Gasteiger partial charge in [0.15, 0.2) is 0 Å². The van der Waals surface area contributed by atoms with Gasteiger partial charge in [-0.3, -0.25) is 9.78 Å². The molecule has 4 rings (SSSR count). The van der Waals surface area contributed by atoms with E-state index >= 15 is 0 Å². The number of hydrogen-bond donors (Lipinski definition) is 1. The molecule has 0 radical (unpaired) electrons. The summed E-state index contributed by atoms with van der Waals surface area (Å²) >= 11 is 0. The van der Waals surface area contributed by atoms with Gasteiger partial charge in [-0.05, 0) is 12.1 Å². The monoisotopic (exact) mass is 383 g/mol. The molecule has 3 aromatic rings. The van der Waals surface area contributed by atoms with Crippen molar-refractivity contribution in [3.63, 3.8) is 0 Å². The van der Waals surface area contributed by atoms with Crippen molar-refractivity contribution in [2.45, 2.75) is 6.54 Å². The Hall–Kier alpha value is -3.40.